The Morgan fingerprint density at radius 3 is 2.26 bits per heavy atom. The lowest BCUT2D eigenvalue weighted by Crippen LogP contribution is -2.46. The highest BCUT2D eigenvalue weighted by atomic mass is 35.5. The quantitative estimate of drug-likeness (QED) is 0.852. The first-order valence-electron chi connectivity index (χ1n) is 5.98. The van der Waals surface area contributed by atoms with Gasteiger partial charge in [-0.1, -0.05) is 35.3 Å². The van der Waals surface area contributed by atoms with E-state index >= 15 is 0 Å². The van der Waals surface area contributed by atoms with Crippen LogP contribution in [0.5, 0.6) is 0 Å². The number of hydrogen-bond acceptors (Lipinski definition) is 5. The molecule has 0 bridgehead atoms. The van der Waals surface area contributed by atoms with Crippen molar-refractivity contribution >= 4 is 46.4 Å². The Bertz CT molecular complexity index is 566. The zero-order valence-electron chi connectivity index (χ0n) is 10.1. The van der Waals surface area contributed by atoms with Crippen LogP contribution in [-0.4, -0.2) is 34.9 Å². The van der Waals surface area contributed by atoms with Gasteiger partial charge in [0.1, 0.15) is 0 Å². The Hall–Kier alpha value is -1.04. The lowest BCUT2D eigenvalue weighted by molar-refractivity contribution is 0.649. The van der Waals surface area contributed by atoms with Gasteiger partial charge in [0.05, 0.1) is 22.4 Å². The summed E-state index contributed by atoms with van der Waals surface area (Å²) in [6, 6.07) is 7.93. The van der Waals surface area contributed by atoms with E-state index in [1.165, 1.54) is 0 Å². The predicted molar refractivity (Wildman–Crippen MR) is 80.8 cm³/mol. The van der Waals surface area contributed by atoms with Crippen molar-refractivity contribution in [2.24, 2.45) is 0 Å². The summed E-state index contributed by atoms with van der Waals surface area (Å²) < 4.78 is 8.24. The van der Waals surface area contributed by atoms with Gasteiger partial charge < -0.3 is 9.80 Å². The standard InChI is InChI=1S/C12H12Cl2N4S/c13-9-3-1-2-4-10(9)17-5-7-18(8-6-17)12-11(14)15-19-16-12/h1-4H,5-8H2. The molecule has 0 saturated carbocycles. The first-order valence-corrected chi connectivity index (χ1v) is 7.47. The topological polar surface area (TPSA) is 32.3 Å². The van der Waals surface area contributed by atoms with Gasteiger partial charge >= 0.3 is 0 Å². The largest absolute Gasteiger partial charge is 0.367 e. The molecule has 1 aliphatic rings. The predicted octanol–water partition coefficient (Wildman–Crippen LogP) is 3.17. The van der Waals surface area contributed by atoms with Crippen LogP contribution in [0.4, 0.5) is 11.5 Å². The van der Waals surface area contributed by atoms with Gasteiger partial charge in [-0.05, 0) is 12.1 Å². The molecule has 1 aliphatic heterocycles. The molecule has 1 aromatic carbocycles. The summed E-state index contributed by atoms with van der Waals surface area (Å²) in [4.78, 5) is 4.45. The highest BCUT2D eigenvalue weighted by Gasteiger charge is 2.22. The minimum atomic E-state index is 0.496. The summed E-state index contributed by atoms with van der Waals surface area (Å²) in [6.07, 6.45) is 0. The fourth-order valence-electron chi connectivity index (χ4n) is 2.23. The van der Waals surface area contributed by atoms with Gasteiger partial charge in [-0.2, -0.15) is 8.75 Å². The zero-order valence-corrected chi connectivity index (χ0v) is 12.4. The summed E-state index contributed by atoms with van der Waals surface area (Å²) in [7, 11) is 0. The minimum absolute atomic E-state index is 0.496. The fourth-order valence-corrected chi connectivity index (χ4v) is 3.26. The third-order valence-electron chi connectivity index (χ3n) is 3.21. The number of aromatic nitrogens is 2. The van der Waals surface area contributed by atoms with E-state index in [1.807, 2.05) is 18.2 Å². The fraction of sp³-hybridized carbons (Fsp3) is 0.333. The second-order valence-electron chi connectivity index (χ2n) is 4.30. The molecule has 1 saturated heterocycles. The maximum atomic E-state index is 6.22. The molecule has 0 N–H and O–H groups in total. The van der Waals surface area contributed by atoms with Crippen LogP contribution in [0, 0.1) is 0 Å². The van der Waals surface area contributed by atoms with Gasteiger partial charge in [0.2, 0.25) is 0 Å². The van der Waals surface area contributed by atoms with Gasteiger partial charge in [0.25, 0.3) is 0 Å². The van der Waals surface area contributed by atoms with Crippen molar-refractivity contribution in [3.63, 3.8) is 0 Å². The third kappa shape index (κ3) is 2.63. The van der Waals surface area contributed by atoms with Crippen LogP contribution in [0.15, 0.2) is 24.3 Å². The average Bonchev–Trinajstić information content (AvgIpc) is 2.86. The monoisotopic (exact) mass is 314 g/mol. The van der Waals surface area contributed by atoms with Gasteiger partial charge in [-0.3, -0.25) is 0 Å². The van der Waals surface area contributed by atoms with E-state index in [2.05, 4.69) is 24.6 Å². The molecule has 1 fully saturated rings. The van der Waals surface area contributed by atoms with Crippen LogP contribution >= 0.6 is 34.9 Å². The lowest BCUT2D eigenvalue weighted by Gasteiger charge is -2.36. The molecule has 19 heavy (non-hydrogen) atoms. The van der Waals surface area contributed by atoms with Gasteiger partial charge in [0.15, 0.2) is 11.0 Å². The van der Waals surface area contributed by atoms with Gasteiger partial charge in [0, 0.05) is 26.2 Å². The van der Waals surface area contributed by atoms with Crippen molar-refractivity contribution in [1.82, 2.24) is 8.75 Å². The summed E-state index contributed by atoms with van der Waals surface area (Å²) in [5.41, 5.74) is 1.09. The van der Waals surface area contributed by atoms with Crippen molar-refractivity contribution in [3.8, 4) is 0 Å². The summed E-state index contributed by atoms with van der Waals surface area (Å²) in [6.45, 7) is 3.54. The molecule has 0 spiro atoms. The van der Waals surface area contributed by atoms with E-state index in [1.54, 1.807) is 0 Å². The Kier molecular flexibility index (Phi) is 3.77. The number of para-hydroxylation sites is 1. The second kappa shape index (κ2) is 5.53. The van der Waals surface area contributed by atoms with Crippen molar-refractivity contribution in [3.05, 3.63) is 34.4 Å². The van der Waals surface area contributed by atoms with Crippen LogP contribution in [0.3, 0.4) is 0 Å². The summed E-state index contributed by atoms with van der Waals surface area (Å²) >= 11 is 13.4. The molecule has 0 atom stereocenters. The van der Waals surface area contributed by atoms with E-state index < -0.39 is 0 Å². The molecule has 1 aromatic heterocycles. The Labute approximate surface area is 125 Å². The first kappa shape index (κ1) is 13.0. The molecule has 100 valence electrons. The first-order chi connectivity index (χ1) is 9.25. The van der Waals surface area contributed by atoms with E-state index in [4.69, 9.17) is 23.2 Å². The SMILES string of the molecule is Clc1ccccc1N1CCN(c2nsnc2Cl)CC1. The molecule has 0 amide bonds. The van der Waals surface area contributed by atoms with E-state index in [0.29, 0.717) is 5.15 Å². The summed E-state index contributed by atoms with van der Waals surface area (Å²) in [5, 5.41) is 1.29. The van der Waals surface area contributed by atoms with Crippen LogP contribution in [0.2, 0.25) is 10.2 Å². The number of hydrogen-bond donors (Lipinski definition) is 0. The highest BCUT2D eigenvalue weighted by molar-refractivity contribution is 6.99. The smallest absolute Gasteiger partial charge is 0.187 e. The molecule has 7 heteroatoms. The normalized spacial score (nSPS) is 15.9. The van der Waals surface area contributed by atoms with E-state index in [-0.39, 0.29) is 0 Å². The number of piperazine rings is 1. The van der Waals surface area contributed by atoms with Crippen LogP contribution < -0.4 is 9.80 Å². The number of benzene rings is 1. The molecular formula is C12H12Cl2N4S. The van der Waals surface area contributed by atoms with Crippen LogP contribution in [0.25, 0.3) is 0 Å². The molecule has 2 heterocycles. The maximum Gasteiger partial charge on any atom is 0.187 e. The Morgan fingerprint density at radius 1 is 0.947 bits per heavy atom. The molecule has 4 nitrogen and oxygen atoms in total. The van der Waals surface area contributed by atoms with Crippen LogP contribution in [-0.2, 0) is 0 Å². The van der Waals surface area contributed by atoms with Gasteiger partial charge in [-0.15, -0.1) is 0 Å². The molecular weight excluding hydrogens is 303 g/mol. The van der Waals surface area contributed by atoms with E-state index in [0.717, 1.165) is 54.4 Å². The number of halogens is 2. The van der Waals surface area contributed by atoms with Crippen LogP contribution in [0.1, 0.15) is 0 Å². The van der Waals surface area contributed by atoms with Crippen molar-refractivity contribution in [2.75, 3.05) is 36.0 Å². The van der Waals surface area contributed by atoms with Crippen molar-refractivity contribution in [2.45, 2.75) is 0 Å². The second-order valence-corrected chi connectivity index (χ2v) is 5.60. The zero-order chi connectivity index (χ0) is 13.2. The van der Waals surface area contributed by atoms with Crippen molar-refractivity contribution in [1.29, 1.82) is 0 Å². The highest BCUT2D eigenvalue weighted by Crippen LogP contribution is 2.28. The lowest BCUT2D eigenvalue weighted by atomic mass is 10.2. The number of rotatable bonds is 2. The van der Waals surface area contributed by atoms with Gasteiger partial charge in [-0.25, -0.2) is 0 Å². The number of nitrogens with zero attached hydrogens (tertiary/aromatic N) is 4. The van der Waals surface area contributed by atoms with Crippen molar-refractivity contribution < 1.29 is 0 Å². The number of anilines is 2. The average molecular weight is 315 g/mol. The van der Waals surface area contributed by atoms with E-state index in [9.17, 15) is 0 Å². The Morgan fingerprint density at radius 2 is 1.63 bits per heavy atom. The molecule has 2 aromatic rings. The molecule has 0 radical (unpaired) electrons. The minimum Gasteiger partial charge on any atom is -0.367 e. The molecule has 0 unspecified atom stereocenters. The molecule has 3 rings (SSSR count). The maximum absolute atomic E-state index is 6.22. The third-order valence-corrected chi connectivity index (χ3v) is 4.40. The molecule has 0 aliphatic carbocycles. The summed E-state index contributed by atoms with van der Waals surface area (Å²) in [5.74, 6) is 0.797. The Balaban J connectivity index is 1.70.